The second kappa shape index (κ2) is 8.02. The molecule has 1 aliphatic heterocycles. The summed E-state index contributed by atoms with van der Waals surface area (Å²) in [6, 6.07) is 2.03. The van der Waals surface area contributed by atoms with E-state index in [-0.39, 0.29) is 0 Å². The van der Waals surface area contributed by atoms with Gasteiger partial charge < -0.3 is 14.7 Å². The van der Waals surface area contributed by atoms with Crippen molar-refractivity contribution < 1.29 is 4.79 Å². The van der Waals surface area contributed by atoms with Gasteiger partial charge in [0.05, 0.1) is 0 Å². The first-order chi connectivity index (χ1) is 12.0. The highest BCUT2D eigenvalue weighted by Gasteiger charge is 2.24. The summed E-state index contributed by atoms with van der Waals surface area (Å²) >= 11 is 0. The fourth-order valence-electron chi connectivity index (χ4n) is 3.90. The van der Waals surface area contributed by atoms with Crippen molar-refractivity contribution in [2.75, 3.05) is 50.1 Å². The highest BCUT2D eigenvalue weighted by atomic mass is 16.2. The van der Waals surface area contributed by atoms with Gasteiger partial charge in [-0.05, 0) is 19.3 Å². The van der Waals surface area contributed by atoms with Gasteiger partial charge in [-0.3, -0.25) is 4.79 Å². The Bertz CT molecular complexity index is 589. The van der Waals surface area contributed by atoms with Crippen LogP contribution in [0.15, 0.2) is 6.07 Å². The molecule has 6 nitrogen and oxygen atoms in total. The smallest absolute Gasteiger partial charge is 0.222 e. The monoisotopic (exact) mass is 345 g/mol. The van der Waals surface area contributed by atoms with Crippen LogP contribution in [0.25, 0.3) is 0 Å². The first-order valence-corrected chi connectivity index (χ1v) is 9.58. The Morgan fingerprint density at radius 1 is 1.16 bits per heavy atom. The van der Waals surface area contributed by atoms with Crippen LogP contribution in [0.1, 0.15) is 44.3 Å². The van der Waals surface area contributed by atoms with E-state index >= 15 is 0 Å². The minimum Gasteiger partial charge on any atom is -0.363 e. The van der Waals surface area contributed by atoms with Crippen LogP contribution in [0.2, 0.25) is 0 Å². The molecule has 0 atom stereocenters. The number of piperazine rings is 1. The van der Waals surface area contributed by atoms with Crippen molar-refractivity contribution in [1.29, 1.82) is 0 Å². The van der Waals surface area contributed by atoms with Crippen LogP contribution < -0.4 is 9.80 Å². The number of carbonyl (C=O) groups is 1. The second-order valence-electron chi connectivity index (χ2n) is 7.58. The molecule has 0 radical (unpaired) electrons. The molecule has 2 heterocycles. The third kappa shape index (κ3) is 4.61. The quantitative estimate of drug-likeness (QED) is 0.820. The number of carbonyl (C=O) groups excluding carboxylic acids is 1. The first kappa shape index (κ1) is 18.0. The summed E-state index contributed by atoms with van der Waals surface area (Å²) in [5.74, 6) is 3.81. The summed E-state index contributed by atoms with van der Waals surface area (Å²) in [6.45, 7) is 5.21. The normalized spacial score (nSPS) is 18.7. The topological polar surface area (TPSA) is 52.6 Å². The molecule has 1 aromatic rings. The Hall–Kier alpha value is -1.85. The number of nitrogens with zero attached hydrogens (tertiary/aromatic N) is 5. The predicted molar refractivity (Wildman–Crippen MR) is 101 cm³/mol. The Morgan fingerprint density at radius 3 is 2.48 bits per heavy atom. The molecule has 25 heavy (non-hydrogen) atoms. The zero-order valence-corrected chi connectivity index (χ0v) is 15.9. The van der Waals surface area contributed by atoms with Crippen molar-refractivity contribution in [1.82, 2.24) is 14.9 Å². The van der Waals surface area contributed by atoms with E-state index in [9.17, 15) is 4.79 Å². The Balaban J connectivity index is 1.52. The van der Waals surface area contributed by atoms with Crippen molar-refractivity contribution in [2.24, 2.45) is 5.92 Å². The van der Waals surface area contributed by atoms with Crippen LogP contribution in [0, 0.1) is 12.8 Å². The standard InChI is InChI=1S/C19H31N5O/c1-15-20-17(22(2)3)14-18(21-15)23-10-12-24(13-11-23)19(25)9-8-16-6-4-5-7-16/h14,16H,4-13H2,1-3H3. The molecule has 1 saturated heterocycles. The minimum atomic E-state index is 0.333. The van der Waals surface area contributed by atoms with E-state index in [4.69, 9.17) is 0 Å². The second-order valence-corrected chi connectivity index (χ2v) is 7.58. The Kier molecular flexibility index (Phi) is 5.76. The Labute approximate surface area is 151 Å². The summed E-state index contributed by atoms with van der Waals surface area (Å²) in [5.41, 5.74) is 0. The lowest BCUT2D eigenvalue weighted by Crippen LogP contribution is -2.49. The van der Waals surface area contributed by atoms with Gasteiger partial charge in [0.1, 0.15) is 17.5 Å². The molecule has 0 N–H and O–H groups in total. The van der Waals surface area contributed by atoms with E-state index in [0.29, 0.717) is 5.91 Å². The number of hydrogen-bond acceptors (Lipinski definition) is 5. The number of aromatic nitrogens is 2. The molecule has 0 unspecified atom stereocenters. The number of amides is 1. The lowest BCUT2D eigenvalue weighted by Gasteiger charge is -2.36. The fourth-order valence-corrected chi connectivity index (χ4v) is 3.90. The van der Waals surface area contributed by atoms with Gasteiger partial charge in [0, 0.05) is 52.8 Å². The highest BCUT2D eigenvalue weighted by Crippen LogP contribution is 2.29. The van der Waals surface area contributed by atoms with E-state index in [1.54, 1.807) is 0 Å². The van der Waals surface area contributed by atoms with Gasteiger partial charge in [-0.15, -0.1) is 0 Å². The van der Waals surface area contributed by atoms with Crippen LogP contribution in [-0.2, 0) is 4.79 Å². The molecule has 0 aromatic carbocycles. The van der Waals surface area contributed by atoms with Crippen LogP contribution in [0.3, 0.4) is 0 Å². The average Bonchev–Trinajstić information content (AvgIpc) is 3.13. The van der Waals surface area contributed by atoms with E-state index < -0.39 is 0 Å². The number of aryl methyl sites for hydroxylation is 1. The summed E-state index contributed by atoms with van der Waals surface area (Å²) in [7, 11) is 3.99. The van der Waals surface area contributed by atoms with Crippen molar-refractivity contribution in [3.05, 3.63) is 11.9 Å². The van der Waals surface area contributed by atoms with Crippen molar-refractivity contribution in [3.8, 4) is 0 Å². The molecular weight excluding hydrogens is 314 g/mol. The van der Waals surface area contributed by atoms with Gasteiger partial charge >= 0.3 is 0 Å². The summed E-state index contributed by atoms with van der Waals surface area (Å²) in [4.78, 5) is 27.8. The summed E-state index contributed by atoms with van der Waals surface area (Å²) in [5, 5.41) is 0. The van der Waals surface area contributed by atoms with Crippen molar-refractivity contribution in [3.63, 3.8) is 0 Å². The van der Waals surface area contributed by atoms with E-state index in [1.807, 2.05) is 36.9 Å². The molecule has 0 spiro atoms. The van der Waals surface area contributed by atoms with Gasteiger partial charge in [-0.1, -0.05) is 25.7 Å². The molecular formula is C19H31N5O. The minimum absolute atomic E-state index is 0.333. The number of anilines is 2. The van der Waals surface area contributed by atoms with E-state index in [1.165, 1.54) is 25.7 Å². The maximum Gasteiger partial charge on any atom is 0.222 e. The van der Waals surface area contributed by atoms with Crippen LogP contribution in [0.5, 0.6) is 0 Å². The van der Waals surface area contributed by atoms with Gasteiger partial charge in [0.25, 0.3) is 0 Å². The molecule has 6 heteroatoms. The zero-order chi connectivity index (χ0) is 17.8. The maximum absolute atomic E-state index is 12.5. The van der Waals surface area contributed by atoms with Crippen molar-refractivity contribution in [2.45, 2.75) is 45.4 Å². The van der Waals surface area contributed by atoms with E-state index in [2.05, 4.69) is 14.9 Å². The van der Waals surface area contributed by atoms with Crippen LogP contribution >= 0.6 is 0 Å². The SMILES string of the molecule is Cc1nc(N(C)C)cc(N2CCN(C(=O)CCC3CCCC3)CC2)n1. The molecule has 2 aliphatic rings. The van der Waals surface area contributed by atoms with Gasteiger partial charge in [-0.25, -0.2) is 9.97 Å². The molecule has 1 aliphatic carbocycles. The highest BCUT2D eigenvalue weighted by molar-refractivity contribution is 5.76. The first-order valence-electron chi connectivity index (χ1n) is 9.58. The predicted octanol–water partition coefficient (Wildman–Crippen LogP) is 2.47. The number of hydrogen-bond donors (Lipinski definition) is 0. The molecule has 1 amide bonds. The lowest BCUT2D eigenvalue weighted by atomic mass is 10.0. The summed E-state index contributed by atoms with van der Waals surface area (Å²) in [6.07, 6.45) is 7.15. The molecule has 3 rings (SSSR count). The van der Waals surface area contributed by atoms with Crippen molar-refractivity contribution >= 4 is 17.5 Å². The maximum atomic E-state index is 12.5. The van der Waals surface area contributed by atoms with Gasteiger partial charge in [0.2, 0.25) is 5.91 Å². The Morgan fingerprint density at radius 2 is 1.84 bits per heavy atom. The molecule has 1 saturated carbocycles. The molecule has 2 fully saturated rings. The third-order valence-corrected chi connectivity index (χ3v) is 5.47. The summed E-state index contributed by atoms with van der Waals surface area (Å²) < 4.78 is 0. The van der Waals surface area contributed by atoms with Gasteiger partial charge in [-0.2, -0.15) is 0 Å². The molecule has 0 bridgehead atoms. The van der Waals surface area contributed by atoms with Crippen LogP contribution in [0.4, 0.5) is 11.6 Å². The lowest BCUT2D eigenvalue weighted by molar-refractivity contribution is -0.131. The molecule has 1 aromatic heterocycles. The molecule has 138 valence electrons. The average molecular weight is 345 g/mol. The van der Waals surface area contributed by atoms with Gasteiger partial charge in [0.15, 0.2) is 0 Å². The van der Waals surface area contributed by atoms with E-state index in [0.717, 1.165) is 62.4 Å². The fraction of sp³-hybridized carbons (Fsp3) is 0.737. The zero-order valence-electron chi connectivity index (χ0n) is 15.9. The number of rotatable bonds is 5. The van der Waals surface area contributed by atoms with Crippen LogP contribution in [-0.4, -0.2) is 61.0 Å². The third-order valence-electron chi connectivity index (χ3n) is 5.47. The largest absolute Gasteiger partial charge is 0.363 e.